The van der Waals surface area contributed by atoms with Gasteiger partial charge in [-0.25, -0.2) is 0 Å². The maximum absolute atomic E-state index is 12.2. The SMILES string of the molecule is CC(C)c1ccc(CCC(=O)N2CCCNCC2)cc1. The summed E-state index contributed by atoms with van der Waals surface area (Å²) in [4.78, 5) is 14.2. The molecular weight excluding hydrogens is 248 g/mol. The quantitative estimate of drug-likeness (QED) is 0.915. The molecule has 0 aliphatic carbocycles. The zero-order valence-electron chi connectivity index (χ0n) is 12.7. The molecule has 1 aromatic carbocycles. The Morgan fingerprint density at radius 1 is 1.20 bits per heavy atom. The molecule has 0 bridgehead atoms. The van der Waals surface area contributed by atoms with Crippen LogP contribution in [0, 0.1) is 0 Å². The van der Waals surface area contributed by atoms with E-state index in [0.29, 0.717) is 18.2 Å². The first-order chi connectivity index (χ1) is 9.66. The molecule has 1 amide bonds. The first-order valence-electron chi connectivity index (χ1n) is 7.74. The summed E-state index contributed by atoms with van der Waals surface area (Å²) in [6, 6.07) is 8.68. The zero-order chi connectivity index (χ0) is 14.4. The summed E-state index contributed by atoms with van der Waals surface area (Å²) in [6.07, 6.45) is 2.54. The van der Waals surface area contributed by atoms with Crippen LogP contribution in [0.1, 0.15) is 43.7 Å². The molecule has 110 valence electrons. The minimum Gasteiger partial charge on any atom is -0.341 e. The summed E-state index contributed by atoms with van der Waals surface area (Å²) < 4.78 is 0. The van der Waals surface area contributed by atoms with Crippen LogP contribution in [0.3, 0.4) is 0 Å². The highest BCUT2D eigenvalue weighted by molar-refractivity contribution is 5.76. The molecule has 1 N–H and O–H groups in total. The third kappa shape index (κ3) is 4.34. The van der Waals surface area contributed by atoms with Crippen molar-refractivity contribution in [3.63, 3.8) is 0 Å². The molecular formula is C17H26N2O. The van der Waals surface area contributed by atoms with E-state index in [2.05, 4.69) is 43.4 Å². The third-order valence-electron chi connectivity index (χ3n) is 3.97. The van der Waals surface area contributed by atoms with Gasteiger partial charge in [-0.3, -0.25) is 4.79 Å². The van der Waals surface area contributed by atoms with Crippen LogP contribution in [0.15, 0.2) is 24.3 Å². The predicted molar refractivity (Wildman–Crippen MR) is 82.9 cm³/mol. The van der Waals surface area contributed by atoms with E-state index in [9.17, 15) is 4.79 Å². The van der Waals surface area contributed by atoms with E-state index < -0.39 is 0 Å². The monoisotopic (exact) mass is 274 g/mol. The van der Waals surface area contributed by atoms with E-state index in [1.54, 1.807) is 0 Å². The van der Waals surface area contributed by atoms with Crippen molar-refractivity contribution in [1.29, 1.82) is 0 Å². The molecule has 3 nitrogen and oxygen atoms in total. The van der Waals surface area contributed by atoms with Crippen LogP contribution >= 0.6 is 0 Å². The summed E-state index contributed by atoms with van der Waals surface area (Å²) >= 11 is 0. The van der Waals surface area contributed by atoms with Gasteiger partial charge in [0, 0.05) is 26.1 Å². The van der Waals surface area contributed by atoms with Gasteiger partial charge in [0.2, 0.25) is 5.91 Å². The van der Waals surface area contributed by atoms with Crippen LogP contribution in [0.25, 0.3) is 0 Å². The molecule has 1 fully saturated rings. The van der Waals surface area contributed by atoms with Gasteiger partial charge in [0.15, 0.2) is 0 Å². The maximum Gasteiger partial charge on any atom is 0.222 e. The molecule has 0 saturated carbocycles. The van der Waals surface area contributed by atoms with Gasteiger partial charge in [0.1, 0.15) is 0 Å². The fourth-order valence-electron chi connectivity index (χ4n) is 2.57. The Morgan fingerprint density at radius 3 is 2.65 bits per heavy atom. The van der Waals surface area contributed by atoms with Crippen molar-refractivity contribution >= 4 is 5.91 Å². The molecule has 3 heteroatoms. The largest absolute Gasteiger partial charge is 0.341 e. The van der Waals surface area contributed by atoms with Crippen LogP contribution in [0.4, 0.5) is 0 Å². The third-order valence-corrected chi connectivity index (χ3v) is 3.97. The molecule has 0 atom stereocenters. The lowest BCUT2D eigenvalue weighted by Crippen LogP contribution is -2.34. The number of carbonyl (C=O) groups excluding carboxylic acids is 1. The van der Waals surface area contributed by atoms with Crippen molar-refractivity contribution in [2.45, 2.75) is 39.0 Å². The van der Waals surface area contributed by atoms with Gasteiger partial charge in [-0.1, -0.05) is 38.1 Å². The number of hydrogen-bond donors (Lipinski definition) is 1. The number of carbonyl (C=O) groups is 1. The first kappa shape index (κ1) is 15.0. The Morgan fingerprint density at radius 2 is 1.95 bits per heavy atom. The summed E-state index contributed by atoms with van der Waals surface area (Å²) in [7, 11) is 0. The molecule has 1 saturated heterocycles. The van der Waals surface area contributed by atoms with E-state index in [4.69, 9.17) is 0 Å². The highest BCUT2D eigenvalue weighted by Gasteiger charge is 2.14. The molecule has 0 spiro atoms. The second-order valence-corrected chi connectivity index (χ2v) is 5.88. The van der Waals surface area contributed by atoms with Crippen molar-refractivity contribution in [2.24, 2.45) is 0 Å². The van der Waals surface area contributed by atoms with Crippen molar-refractivity contribution in [2.75, 3.05) is 26.2 Å². The van der Waals surface area contributed by atoms with Gasteiger partial charge in [-0.15, -0.1) is 0 Å². The van der Waals surface area contributed by atoms with Crippen LogP contribution in [-0.2, 0) is 11.2 Å². The van der Waals surface area contributed by atoms with E-state index in [0.717, 1.165) is 39.0 Å². The summed E-state index contributed by atoms with van der Waals surface area (Å²) in [6.45, 7) is 8.11. The molecule has 2 rings (SSSR count). The van der Waals surface area contributed by atoms with E-state index >= 15 is 0 Å². The van der Waals surface area contributed by atoms with E-state index in [1.165, 1.54) is 11.1 Å². The highest BCUT2D eigenvalue weighted by atomic mass is 16.2. The number of hydrogen-bond acceptors (Lipinski definition) is 2. The Balaban J connectivity index is 1.83. The molecule has 1 aliphatic rings. The second-order valence-electron chi connectivity index (χ2n) is 5.88. The van der Waals surface area contributed by atoms with Crippen molar-refractivity contribution in [1.82, 2.24) is 10.2 Å². The van der Waals surface area contributed by atoms with Crippen molar-refractivity contribution in [3.05, 3.63) is 35.4 Å². The molecule has 1 heterocycles. The molecule has 1 aliphatic heterocycles. The van der Waals surface area contributed by atoms with Crippen LogP contribution in [0.2, 0.25) is 0 Å². The van der Waals surface area contributed by atoms with Gasteiger partial charge in [0.05, 0.1) is 0 Å². The summed E-state index contributed by atoms with van der Waals surface area (Å²) in [5.74, 6) is 0.858. The number of nitrogens with zero attached hydrogens (tertiary/aromatic N) is 1. The minimum atomic E-state index is 0.293. The topological polar surface area (TPSA) is 32.3 Å². The standard InChI is InChI=1S/C17H26N2O/c1-14(2)16-7-4-15(5-8-16)6-9-17(20)19-12-3-10-18-11-13-19/h4-5,7-8,14,18H,3,6,9-13H2,1-2H3. The maximum atomic E-state index is 12.2. The molecule has 20 heavy (non-hydrogen) atoms. The van der Waals surface area contributed by atoms with Gasteiger partial charge in [0.25, 0.3) is 0 Å². The average Bonchev–Trinajstić information content (AvgIpc) is 2.74. The van der Waals surface area contributed by atoms with Crippen molar-refractivity contribution < 1.29 is 4.79 Å². The number of rotatable bonds is 4. The fourth-order valence-corrected chi connectivity index (χ4v) is 2.57. The molecule has 0 unspecified atom stereocenters. The number of benzene rings is 1. The lowest BCUT2D eigenvalue weighted by atomic mass is 10.0. The van der Waals surface area contributed by atoms with Crippen molar-refractivity contribution in [3.8, 4) is 0 Å². The van der Waals surface area contributed by atoms with Crippen LogP contribution < -0.4 is 5.32 Å². The van der Waals surface area contributed by atoms with Gasteiger partial charge in [-0.2, -0.15) is 0 Å². The number of nitrogens with one attached hydrogen (secondary N) is 1. The second kappa shape index (κ2) is 7.44. The van der Waals surface area contributed by atoms with Gasteiger partial charge >= 0.3 is 0 Å². The van der Waals surface area contributed by atoms with E-state index in [-0.39, 0.29) is 0 Å². The summed E-state index contributed by atoms with van der Waals surface area (Å²) in [5, 5.41) is 3.33. The Hall–Kier alpha value is -1.35. The Bertz CT molecular complexity index is 417. The molecule has 0 aromatic heterocycles. The van der Waals surface area contributed by atoms with Gasteiger partial charge in [-0.05, 0) is 36.4 Å². The molecule has 1 aromatic rings. The predicted octanol–water partition coefficient (Wildman–Crippen LogP) is 2.56. The highest BCUT2D eigenvalue weighted by Crippen LogP contribution is 2.15. The van der Waals surface area contributed by atoms with Crippen LogP contribution in [-0.4, -0.2) is 37.0 Å². The lowest BCUT2D eigenvalue weighted by molar-refractivity contribution is -0.130. The Kier molecular flexibility index (Phi) is 5.60. The minimum absolute atomic E-state index is 0.293. The first-order valence-corrected chi connectivity index (χ1v) is 7.74. The molecule has 0 radical (unpaired) electrons. The average molecular weight is 274 g/mol. The Labute approximate surface area is 122 Å². The fraction of sp³-hybridized carbons (Fsp3) is 0.588. The summed E-state index contributed by atoms with van der Waals surface area (Å²) in [5.41, 5.74) is 2.62. The van der Waals surface area contributed by atoms with E-state index in [1.807, 2.05) is 4.90 Å². The lowest BCUT2D eigenvalue weighted by Gasteiger charge is -2.19. The normalized spacial score (nSPS) is 16.2. The number of aryl methyl sites for hydroxylation is 1. The number of amides is 1. The van der Waals surface area contributed by atoms with Gasteiger partial charge < -0.3 is 10.2 Å². The smallest absolute Gasteiger partial charge is 0.222 e. The van der Waals surface area contributed by atoms with Crippen LogP contribution in [0.5, 0.6) is 0 Å². The zero-order valence-corrected chi connectivity index (χ0v) is 12.7.